The van der Waals surface area contributed by atoms with Gasteiger partial charge in [-0.15, -0.1) is 0 Å². The van der Waals surface area contributed by atoms with Crippen molar-refractivity contribution in [2.24, 2.45) is 0 Å². The van der Waals surface area contributed by atoms with Crippen LogP contribution in [-0.4, -0.2) is 42.3 Å². The second-order valence-electron chi connectivity index (χ2n) is 4.79. The van der Waals surface area contributed by atoms with E-state index in [2.05, 4.69) is 0 Å². The highest BCUT2D eigenvalue weighted by molar-refractivity contribution is 7.86. The summed E-state index contributed by atoms with van der Waals surface area (Å²) >= 11 is 0. The molecule has 0 amide bonds. The van der Waals surface area contributed by atoms with E-state index in [-0.39, 0.29) is 16.5 Å². The predicted octanol–water partition coefficient (Wildman–Crippen LogP) is 0.763. The normalized spacial score (nSPS) is 13.0. The summed E-state index contributed by atoms with van der Waals surface area (Å²) in [6, 6.07) is 5.66. The lowest BCUT2D eigenvalue weighted by atomic mass is 10.1. The minimum atomic E-state index is -4.75. The molecule has 2 rings (SSSR count). The second kappa shape index (κ2) is 5.88. The highest BCUT2D eigenvalue weighted by atomic mass is 32.2. The molecular formula is C12H12O9S3. The van der Waals surface area contributed by atoms with Crippen LogP contribution < -0.4 is 8.37 Å². The van der Waals surface area contributed by atoms with Crippen molar-refractivity contribution < 1.29 is 38.2 Å². The molecule has 0 radical (unpaired) electrons. The van der Waals surface area contributed by atoms with Crippen molar-refractivity contribution >= 4 is 41.1 Å². The molecule has 0 aliphatic carbocycles. The molecule has 0 fully saturated rings. The van der Waals surface area contributed by atoms with Crippen LogP contribution in [0.15, 0.2) is 35.2 Å². The van der Waals surface area contributed by atoms with Gasteiger partial charge in [-0.3, -0.25) is 4.55 Å². The molecule has 9 nitrogen and oxygen atoms in total. The summed E-state index contributed by atoms with van der Waals surface area (Å²) in [5.74, 6) is -0.652. The average Bonchev–Trinajstić information content (AvgIpc) is 2.34. The molecule has 0 aromatic heterocycles. The van der Waals surface area contributed by atoms with E-state index < -0.39 is 41.0 Å². The Hall–Kier alpha value is -1.89. The van der Waals surface area contributed by atoms with Crippen LogP contribution in [0.2, 0.25) is 0 Å². The fourth-order valence-corrected chi connectivity index (χ4v) is 3.64. The molecule has 0 heterocycles. The van der Waals surface area contributed by atoms with E-state index in [0.717, 1.165) is 30.7 Å². The Kier molecular flexibility index (Phi) is 4.52. The maximum Gasteiger partial charge on any atom is 0.306 e. The quantitative estimate of drug-likeness (QED) is 0.572. The summed E-state index contributed by atoms with van der Waals surface area (Å²) in [7, 11) is -12.7. The highest BCUT2D eigenvalue weighted by Gasteiger charge is 2.22. The van der Waals surface area contributed by atoms with Gasteiger partial charge < -0.3 is 8.37 Å². The van der Waals surface area contributed by atoms with Gasteiger partial charge in [-0.25, -0.2) is 0 Å². The summed E-state index contributed by atoms with van der Waals surface area (Å²) in [6.07, 6.45) is 1.53. The Labute approximate surface area is 138 Å². The van der Waals surface area contributed by atoms with Crippen molar-refractivity contribution in [1.82, 2.24) is 0 Å². The SMILES string of the molecule is CS(=O)(=O)Oc1ccc(S(=O)(=O)O)c2c(OS(C)(=O)=O)cccc12. The van der Waals surface area contributed by atoms with E-state index in [4.69, 9.17) is 8.37 Å². The Morgan fingerprint density at radius 3 is 1.83 bits per heavy atom. The molecule has 0 aliphatic heterocycles. The van der Waals surface area contributed by atoms with Gasteiger partial charge in [0.05, 0.1) is 17.9 Å². The van der Waals surface area contributed by atoms with Crippen LogP contribution in [0.4, 0.5) is 0 Å². The van der Waals surface area contributed by atoms with Gasteiger partial charge in [-0.1, -0.05) is 12.1 Å². The Bertz CT molecular complexity index is 1110. The number of fused-ring (bicyclic) bond motifs is 1. The van der Waals surface area contributed by atoms with Gasteiger partial charge in [0.15, 0.2) is 11.5 Å². The van der Waals surface area contributed by atoms with E-state index in [9.17, 15) is 29.8 Å². The van der Waals surface area contributed by atoms with Crippen LogP contribution in [0.5, 0.6) is 11.5 Å². The fourth-order valence-electron chi connectivity index (χ4n) is 2.00. The van der Waals surface area contributed by atoms with Crippen LogP contribution in [0.1, 0.15) is 0 Å². The average molecular weight is 396 g/mol. The lowest BCUT2D eigenvalue weighted by Gasteiger charge is -2.13. The zero-order valence-electron chi connectivity index (χ0n) is 12.3. The van der Waals surface area contributed by atoms with Crippen LogP contribution in [0.25, 0.3) is 10.8 Å². The zero-order valence-corrected chi connectivity index (χ0v) is 14.8. The fraction of sp³-hybridized carbons (Fsp3) is 0.167. The van der Waals surface area contributed by atoms with Crippen molar-refractivity contribution in [2.75, 3.05) is 12.5 Å². The first-order valence-electron chi connectivity index (χ1n) is 6.10. The van der Waals surface area contributed by atoms with E-state index >= 15 is 0 Å². The molecule has 0 atom stereocenters. The smallest absolute Gasteiger partial charge is 0.306 e. The Morgan fingerprint density at radius 1 is 0.792 bits per heavy atom. The molecule has 2 aromatic carbocycles. The van der Waals surface area contributed by atoms with Crippen molar-refractivity contribution in [3.05, 3.63) is 30.3 Å². The number of hydrogen-bond donors (Lipinski definition) is 1. The third-order valence-electron chi connectivity index (χ3n) is 2.68. The molecule has 0 saturated carbocycles. The number of rotatable bonds is 5. The maximum absolute atomic E-state index is 11.6. The minimum absolute atomic E-state index is 0.0725. The molecule has 0 unspecified atom stereocenters. The summed E-state index contributed by atoms with van der Waals surface area (Å²) in [4.78, 5) is -0.655. The van der Waals surface area contributed by atoms with Gasteiger partial charge in [0.1, 0.15) is 4.90 Å². The Morgan fingerprint density at radius 2 is 1.33 bits per heavy atom. The molecule has 0 spiro atoms. The molecule has 12 heteroatoms. The van der Waals surface area contributed by atoms with Gasteiger partial charge in [0, 0.05) is 5.39 Å². The highest BCUT2D eigenvalue weighted by Crippen LogP contribution is 2.38. The van der Waals surface area contributed by atoms with Crippen molar-refractivity contribution in [3.63, 3.8) is 0 Å². The number of hydrogen-bond acceptors (Lipinski definition) is 8. The van der Waals surface area contributed by atoms with Crippen LogP contribution in [0.3, 0.4) is 0 Å². The van der Waals surface area contributed by atoms with E-state index in [1.165, 1.54) is 12.1 Å². The summed E-state index contributed by atoms with van der Waals surface area (Å²) in [5.41, 5.74) is 0. The number of benzene rings is 2. The lowest BCUT2D eigenvalue weighted by molar-refractivity contribution is 0.480. The summed E-state index contributed by atoms with van der Waals surface area (Å²) in [5, 5.41) is -0.400. The predicted molar refractivity (Wildman–Crippen MR) is 84.7 cm³/mol. The molecule has 1 N–H and O–H groups in total. The second-order valence-corrected chi connectivity index (χ2v) is 9.33. The lowest BCUT2D eigenvalue weighted by Crippen LogP contribution is -2.09. The molecular weight excluding hydrogens is 384 g/mol. The van der Waals surface area contributed by atoms with Crippen molar-refractivity contribution in [2.45, 2.75) is 4.90 Å². The van der Waals surface area contributed by atoms with Gasteiger partial charge in [0.2, 0.25) is 0 Å². The van der Waals surface area contributed by atoms with Gasteiger partial charge in [-0.05, 0) is 18.2 Å². The molecule has 0 saturated heterocycles. The first-order valence-corrected chi connectivity index (χ1v) is 11.2. The molecule has 132 valence electrons. The topological polar surface area (TPSA) is 141 Å². The van der Waals surface area contributed by atoms with Crippen LogP contribution in [0, 0.1) is 0 Å². The van der Waals surface area contributed by atoms with Crippen LogP contribution in [-0.2, 0) is 30.4 Å². The van der Waals surface area contributed by atoms with Crippen LogP contribution >= 0.6 is 0 Å². The molecule has 24 heavy (non-hydrogen) atoms. The van der Waals surface area contributed by atoms with Gasteiger partial charge in [-0.2, -0.15) is 25.3 Å². The first-order chi connectivity index (χ1) is 10.8. The molecule has 0 aliphatic rings. The third-order valence-corrected chi connectivity index (χ3v) is 4.55. The van der Waals surface area contributed by atoms with Gasteiger partial charge in [0.25, 0.3) is 10.1 Å². The Balaban J connectivity index is 2.93. The van der Waals surface area contributed by atoms with E-state index in [1.54, 1.807) is 0 Å². The largest absolute Gasteiger partial charge is 0.382 e. The van der Waals surface area contributed by atoms with E-state index in [0.29, 0.717) is 0 Å². The summed E-state index contributed by atoms with van der Waals surface area (Å²) < 4.78 is 87.3. The standard InChI is InChI=1S/C12H12O9S3/c1-22(13,14)20-9-6-7-11(24(17,18)19)12-8(9)4-3-5-10(12)21-23(2,15)16/h3-7H,1-2H3,(H,17,18,19). The van der Waals surface area contributed by atoms with Gasteiger partial charge >= 0.3 is 20.2 Å². The third kappa shape index (κ3) is 4.35. The monoisotopic (exact) mass is 396 g/mol. The summed E-state index contributed by atoms with van der Waals surface area (Å²) in [6.45, 7) is 0. The minimum Gasteiger partial charge on any atom is -0.382 e. The maximum atomic E-state index is 11.6. The zero-order chi connectivity index (χ0) is 18.3. The molecule has 0 bridgehead atoms. The first kappa shape index (κ1) is 18.4. The van der Waals surface area contributed by atoms with E-state index in [1.807, 2.05) is 0 Å². The van der Waals surface area contributed by atoms with Crippen molar-refractivity contribution in [3.8, 4) is 11.5 Å². The van der Waals surface area contributed by atoms with Crippen molar-refractivity contribution in [1.29, 1.82) is 0 Å². The molecule has 2 aromatic rings.